The van der Waals surface area contributed by atoms with Gasteiger partial charge in [0.15, 0.2) is 17.6 Å². The van der Waals surface area contributed by atoms with E-state index in [-0.39, 0.29) is 17.6 Å². The van der Waals surface area contributed by atoms with Crippen LogP contribution in [0.1, 0.15) is 0 Å². The number of hydrogen-bond acceptors (Lipinski definition) is 1. The van der Waals surface area contributed by atoms with E-state index in [0.29, 0.717) is 0 Å². The third-order valence-electron chi connectivity index (χ3n) is 1.05. The number of halogens is 2. The first-order valence-corrected chi connectivity index (χ1v) is 3.31. The zero-order chi connectivity index (χ0) is 7.40. The summed E-state index contributed by atoms with van der Waals surface area (Å²) in [5.41, 5.74) is 0. The molecule has 0 N–H and O–H groups in total. The predicted octanol–water partition coefficient (Wildman–Crippen LogP) is 2.40. The first-order chi connectivity index (χ1) is 4.84. The summed E-state index contributed by atoms with van der Waals surface area (Å²) in [4.78, 5) is 0. The molecule has 0 atom stereocenters. The Morgan fingerprint density at radius 3 is 2.70 bits per heavy atom. The highest BCUT2D eigenvalue weighted by Gasteiger charge is 1.97. The number of hydrogen-bond donors (Lipinski definition) is 0. The molecule has 1 nitrogen and oxygen atoms in total. The molecule has 10 heavy (non-hydrogen) atoms. The van der Waals surface area contributed by atoms with Crippen LogP contribution in [0.15, 0.2) is 24.3 Å². The molecular weight excluding hydrogens is 155 g/mol. The SMILES string of the molecule is Fc1ccccc1OCCl. The monoisotopic (exact) mass is 160 g/mol. The standard InChI is InChI=1S/C7H6ClFO/c8-5-10-7-4-2-1-3-6(7)9/h1-4H,5H2. The zero-order valence-electron chi connectivity index (χ0n) is 5.18. The Balaban J connectivity index is 2.81. The number of benzene rings is 1. The molecule has 1 rings (SSSR count). The minimum atomic E-state index is -0.386. The lowest BCUT2D eigenvalue weighted by Gasteiger charge is -2.00. The normalized spacial score (nSPS) is 9.40. The summed E-state index contributed by atoms with van der Waals surface area (Å²) in [6.07, 6.45) is 0. The van der Waals surface area contributed by atoms with Crippen molar-refractivity contribution in [3.8, 4) is 5.75 Å². The van der Waals surface area contributed by atoms with Gasteiger partial charge in [-0.05, 0) is 12.1 Å². The molecule has 0 aliphatic heterocycles. The van der Waals surface area contributed by atoms with E-state index in [2.05, 4.69) is 0 Å². The van der Waals surface area contributed by atoms with E-state index < -0.39 is 0 Å². The first kappa shape index (κ1) is 7.35. The Labute approximate surface area is 63.4 Å². The third-order valence-corrected chi connectivity index (χ3v) is 1.16. The Bertz CT molecular complexity index is 215. The van der Waals surface area contributed by atoms with E-state index in [1.807, 2.05) is 0 Å². The van der Waals surface area contributed by atoms with Gasteiger partial charge >= 0.3 is 0 Å². The van der Waals surface area contributed by atoms with Crippen LogP contribution in [0.2, 0.25) is 0 Å². The highest BCUT2D eigenvalue weighted by atomic mass is 35.5. The fourth-order valence-electron chi connectivity index (χ4n) is 0.621. The second-order valence-corrected chi connectivity index (χ2v) is 1.90. The second kappa shape index (κ2) is 3.42. The summed E-state index contributed by atoms with van der Waals surface area (Å²) < 4.78 is 17.3. The highest BCUT2D eigenvalue weighted by molar-refractivity contribution is 6.17. The minimum absolute atomic E-state index is 0.0269. The average Bonchev–Trinajstić information content (AvgIpc) is 1.94. The molecule has 0 aliphatic carbocycles. The first-order valence-electron chi connectivity index (χ1n) is 2.78. The largest absolute Gasteiger partial charge is 0.475 e. The summed E-state index contributed by atoms with van der Waals surface area (Å²) >= 11 is 5.22. The quantitative estimate of drug-likeness (QED) is 0.604. The molecule has 0 unspecified atom stereocenters. The molecule has 54 valence electrons. The molecule has 0 spiro atoms. The van der Waals surface area contributed by atoms with Crippen molar-refractivity contribution in [2.75, 3.05) is 6.07 Å². The number of alkyl halides is 1. The molecule has 0 radical (unpaired) electrons. The van der Waals surface area contributed by atoms with Crippen molar-refractivity contribution in [2.24, 2.45) is 0 Å². The Morgan fingerprint density at radius 2 is 2.10 bits per heavy atom. The maximum Gasteiger partial charge on any atom is 0.165 e. The van der Waals surface area contributed by atoms with Gasteiger partial charge in [-0.2, -0.15) is 0 Å². The molecule has 0 aliphatic rings. The van der Waals surface area contributed by atoms with Crippen LogP contribution in [0, 0.1) is 5.82 Å². The molecule has 1 aromatic carbocycles. The van der Waals surface area contributed by atoms with Crippen LogP contribution in [0.4, 0.5) is 4.39 Å². The van der Waals surface area contributed by atoms with Gasteiger partial charge in [0, 0.05) is 0 Å². The molecule has 1 aromatic rings. The molecular formula is C7H6ClFO. The van der Waals surface area contributed by atoms with Gasteiger partial charge in [-0.1, -0.05) is 23.7 Å². The van der Waals surface area contributed by atoms with Crippen LogP contribution in [-0.4, -0.2) is 6.07 Å². The van der Waals surface area contributed by atoms with Crippen molar-refractivity contribution in [3.63, 3.8) is 0 Å². The molecule has 0 bridgehead atoms. The van der Waals surface area contributed by atoms with Crippen LogP contribution in [0.3, 0.4) is 0 Å². The minimum Gasteiger partial charge on any atom is -0.475 e. The maximum absolute atomic E-state index is 12.6. The van der Waals surface area contributed by atoms with Crippen LogP contribution in [0.5, 0.6) is 5.75 Å². The Hall–Kier alpha value is -0.760. The van der Waals surface area contributed by atoms with Crippen molar-refractivity contribution < 1.29 is 9.13 Å². The maximum atomic E-state index is 12.6. The summed E-state index contributed by atoms with van der Waals surface area (Å²) in [6, 6.07) is 6.10. The van der Waals surface area contributed by atoms with Crippen LogP contribution in [0.25, 0.3) is 0 Å². The summed E-state index contributed by atoms with van der Waals surface area (Å²) in [7, 11) is 0. The van der Waals surface area contributed by atoms with Gasteiger partial charge in [0.25, 0.3) is 0 Å². The van der Waals surface area contributed by atoms with Gasteiger partial charge in [-0.25, -0.2) is 4.39 Å². The van der Waals surface area contributed by atoms with Crippen LogP contribution < -0.4 is 4.74 Å². The van der Waals surface area contributed by atoms with Gasteiger partial charge in [0.2, 0.25) is 0 Å². The Kier molecular flexibility index (Phi) is 2.51. The van der Waals surface area contributed by atoms with Crippen molar-refractivity contribution in [3.05, 3.63) is 30.1 Å². The van der Waals surface area contributed by atoms with E-state index in [0.717, 1.165) is 0 Å². The third kappa shape index (κ3) is 1.61. The van der Waals surface area contributed by atoms with Crippen LogP contribution >= 0.6 is 11.6 Å². The lowest BCUT2D eigenvalue weighted by atomic mass is 10.3. The van der Waals surface area contributed by atoms with Crippen molar-refractivity contribution in [1.82, 2.24) is 0 Å². The molecule has 0 fully saturated rings. The number of ether oxygens (including phenoxy) is 1. The molecule has 0 amide bonds. The predicted molar refractivity (Wildman–Crippen MR) is 37.7 cm³/mol. The summed E-state index contributed by atoms with van der Waals surface area (Å²) in [6.45, 7) is 0. The fourth-order valence-corrected chi connectivity index (χ4v) is 0.738. The summed E-state index contributed by atoms with van der Waals surface area (Å²) in [5, 5.41) is 0. The molecule has 0 aromatic heterocycles. The lowest BCUT2D eigenvalue weighted by Crippen LogP contribution is -1.91. The fraction of sp³-hybridized carbons (Fsp3) is 0.143. The van der Waals surface area contributed by atoms with Gasteiger partial charge in [-0.15, -0.1) is 0 Å². The summed E-state index contributed by atoms with van der Waals surface area (Å²) in [5.74, 6) is -0.194. The molecule has 0 saturated heterocycles. The number of para-hydroxylation sites is 1. The highest BCUT2D eigenvalue weighted by Crippen LogP contribution is 2.15. The van der Waals surface area contributed by atoms with Crippen molar-refractivity contribution in [1.29, 1.82) is 0 Å². The van der Waals surface area contributed by atoms with Gasteiger partial charge in [-0.3, -0.25) is 0 Å². The zero-order valence-corrected chi connectivity index (χ0v) is 5.94. The topological polar surface area (TPSA) is 9.23 Å². The second-order valence-electron chi connectivity index (χ2n) is 1.68. The van der Waals surface area contributed by atoms with Gasteiger partial charge < -0.3 is 4.74 Å². The van der Waals surface area contributed by atoms with Gasteiger partial charge in [0.05, 0.1) is 0 Å². The van der Waals surface area contributed by atoms with Gasteiger partial charge in [0.1, 0.15) is 0 Å². The van der Waals surface area contributed by atoms with Crippen LogP contribution in [-0.2, 0) is 0 Å². The Morgan fingerprint density at radius 1 is 1.40 bits per heavy atom. The smallest absolute Gasteiger partial charge is 0.165 e. The van der Waals surface area contributed by atoms with E-state index in [4.69, 9.17) is 16.3 Å². The van der Waals surface area contributed by atoms with E-state index >= 15 is 0 Å². The average molecular weight is 161 g/mol. The lowest BCUT2D eigenvalue weighted by molar-refractivity contribution is 0.363. The van der Waals surface area contributed by atoms with E-state index in [1.165, 1.54) is 12.1 Å². The molecule has 0 saturated carbocycles. The van der Waals surface area contributed by atoms with E-state index in [9.17, 15) is 4.39 Å². The number of rotatable bonds is 2. The molecule has 0 heterocycles. The van der Waals surface area contributed by atoms with E-state index in [1.54, 1.807) is 12.1 Å². The van der Waals surface area contributed by atoms with Crippen molar-refractivity contribution in [2.45, 2.75) is 0 Å². The molecule has 3 heteroatoms. The van der Waals surface area contributed by atoms with Crippen molar-refractivity contribution >= 4 is 11.6 Å².